The summed E-state index contributed by atoms with van der Waals surface area (Å²) < 4.78 is 7.43. The molecule has 0 bridgehead atoms. The molecule has 0 aliphatic heterocycles. The number of benzene rings is 8. The van der Waals surface area contributed by atoms with Gasteiger partial charge >= 0.3 is 0 Å². The highest BCUT2D eigenvalue weighted by molar-refractivity contribution is 7.25. The lowest BCUT2D eigenvalue weighted by Gasteiger charge is -2.12. The summed E-state index contributed by atoms with van der Waals surface area (Å²) in [6, 6.07) is 85.3. The van der Waals surface area contributed by atoms with Gasteiger partial charge in [-0.15, -0.1) is 17.1 Å². The number of nitrogens with zero attached hydrogens (tertiary/aromatic N) is 6. The summed E-state index contributed by atoms with van der Waals surface area (Å²) in [6.45, 7) is 2.29. The highest BCUT2D eigenvalue weighted by Gasteiger charge is 2.22. The number of hydrogen-bond donors (Lipinski definition) is 0. The molecule has 0 saturated heterocycles. The summed E-state index contributed by atoms with van der Waals surface area (Å²) in [4.78, 5) is 19.1. The predicted molar refractivity (Wildman–Crippen MR) is 372 cm³/mol. The number of hydrogen-bond acceptors (Lipinski definition) is 5. The van der Waals surface area contributed by atoms with Gasteiger partial charge in [-0.1, -0.05) is 146 Å². The number of fused-ring (bicyclic) bond motifs is 7. The van der Waals surface area contributed by atoms with Crippen LogP contribution in [0.15, 0.2) is 297 Å². The molecular weight excluding hydrogens is 1100 g/mol. The summed E-state index contributed by atoms with van der Waals surface area (Å²) >= 11 is 1.85. The summed E-state index contributed by atoms with van der Waals surface area (Å²) in [5, 5.41) is 5.98. The topological polar surface area (TPSA) is 61.4 Å². The maximum Gasteiger partial charge on any atom is 0.0785 e. The fraction of sp³-hybridized carbons (Fsp3) is 0.0366. The van der Waals surface area contributed by atoms with E-state index in [-0.39, 0.29) is 0 Å². The minimum atomic E-state index is 0.747. The van der Waals surface area contributed by atoms with Gasteiger partial charge in [-0.2, -0.15) is 0 Å². The van der Waals surface area contributed by atoms with E-state index in [1.165, 1.54) is 42.4 Å². The van der Waals surface area contributed by atoms with E-state index in [1.54, 1.807) is 0 Å². The Labute approximate surface area is 520 Å². The third kappa shape index (κ3) is 9.63. The van der Waals surface area contributed by atoms with Crippen LogP contribution in [0.4, 0.5) is 0 Å². The predicted octanol–water partition coefficient (Wildman–Crippen LogP) is 21.0. The van der Waals surface area contributed by atoms with Gasteiger partial charge in [0.05, 0.1) is 39.3 Å². The molecule has 0 N–H and O–H groups in total. The molecule has 8 aromatic carbocycles. The lowest BCUT2D eigenvalue weighted by molar-refractivity contribution is 1.06. The van der Waals surface area contributed by atoms with Crippen LogP contribution in [-0.2, 0) is 12.8 Å². The molecule has 1 aliphatic rings. The smallest absolute Gasteiger partial charge is 0.0785 e. The standard InChI is InChI=1S/C82H56N6S/c1-2-60-68-49-55(62-24-8-10-28-66(62)75-32-14-18-47-85-75)35-40-78(68)87(77(60)34-20-22-54-21-6-7-26-64(54)73-30-12-16-45-83-73)58-38-43-81-71(52-58)72-53-59(39-44-82(72)89-81)88-79-41-36-56(61-23-4-3-5-27-65(61)74-31-13-17-46-84-74)50-69(79)70-51-57(37-42-80(70)88)63-25-9-11-29-67(63)76-33-15-19-48-86-76/h3-21,23-26,28-53H,2,22H2,1H3/b34-20-. The highest BCUT2D eigenvalue weighted by Crippen LogP contribution is 2.44. The van der Waals surface area contributed by atoms with Crippen LogP contribution in [0.1, 0.15) is 35.0 Å². The molecule has 15 aromatic rings. The summed E-state index contributed by atoms with van der Waals surface area (Å²) in [5.41, 5.74) is 27.7. The quantitative estimate of drug-likeness (QED) is 0.108. The number of allylic oxidation sites excluding steroid dienone is 6. The summed E-state index contributed by atoms with van der Waals surface area (Å²) in [5.74, 6) is 0. The molecule has 7 heteroatoms. The Kier molecular flexibility index (Phi) is 13.6. The maximum absolute atomic E-state index is 4.80. The minimum absolute atomic E-state index is 0.747. The van der Waals surface area contributed by atoms with Crippen molar-refractivity contribution in [1.82, 2.24) is 29.1 Å². The highest BCUT2D eigenvalue weighted by atomic mass is 32.1. The first kappa shape index (κ1) is 53.2. The zero-order chi connectivity index (χ0) is 59.2. The largest absolute Gasteiger partial charge is 0.310 e. The fourth-order valence-corrected chi connectivity index (χ4v) is 14.3. The van der Waals surface area contributed by atoms with Crippen molar-refractivity contribution in [3.8, 4) is 67.4 Å². The molecule has 6 nitrogen and oxygen atoms in total. The Hall–Kier alpha value is -11.3. The van der Waals surface area contributed by atoms with E-state index in [2.05, 4.69) is 252 Å². The second-order valence-electron chi connectivity index (χ2n) is 22.4. The van der Waals surface area contributed by atoms with Crippen LogP contribution in [0.5, 0.6) is 0 Å². The zero-order valence-electron chi connectivity index (χ0n) is 48.8. The van der Waals surface area contributed by atoms with Crippen LogP contribution in [0.2, 0.25) is 0 Å². The van der Waals surface area contributed by atoms with Gasteiger partial charge in [-0.3, -0.25) is 19.9 Å². The van der Waals surface area contributed by atoms with Gasteiger partial charge in [0, 0.05) is 100 Å². The Morgan fingerprint density at radius 2 is 0.899 bits per heavy atom. The van der Waals surface area contributed by atoms with Crippen LogP contribution in [0, 0.1) is 0 Å². The Morgan fingerprint density at radius 3 is 1.47 bits per heavy atom. The van der Waals surface area contributed by atoms with Crippen molar-refractivity contribution in [2.45, 2.75) is 19.8 Å². The molecule has 7 aromatic heterocycles. The minimum Gasteiger partial charge on any atom is -0.310 e. The molecule has 16 rings (SSSR count). The van der Waals surface area contributed by atoms with Crippen molar-refractivity contribution >= 4 is 81.4 Å². The Bertz CT molecular complexity index is 5410. The number of aryl methyl sites for hydroxylation is 1. The van der Waals surface area contributed by atoms with Gasteiger partial charge in [0.25, 0.3) is 0 Å². The van der Waals surface area contributed by atoms with Gasteiger partial charge in [0.2, 0.25) is 0 Å². The monoisotopic (exact) mass is 1160 g/mol. The van der Waals surface area contributed by atoms with E-state index >= 15 is 0 Å². The first-order valence-electron chi connectivity index (χ1n) is 30.3. The van der Waals surface area contributed by atoms with Crippen molar-refractivity contribution < 1.29 is 0 Å². The van der Waals surface area contributed by atoms with Crippen LogP contribution >= 0.6 is 11.3 Å². The lowest BCUT2D eigenvalue weighted by Crippen LogP contribution is -1.98. The van der Waals surface area contributed by atoms with Crippen LogP contribution in [0.3, 0.4) is 0 Å². The van der Waals surface area contributed by atoms with E-state index in [9.17, 15) is 0 Å². The molecule has 0 unspecified atom stereocenters. The average Bonchev–Trinajstić information content (AvgIpc) is 1.83. The first-order valence-corrected chi connectivity index (χ1v) is 31.1. The van der Waals surface area contributed by atoms with Crippen molar-refractivity contribution in [1.29, 1.82) is 0 Å². The maximum atomic E-state index is 4.80. The lowest BCUT2D eigenvalue weighted by atomic mass is 9.93. The van der Waals surface area contributed by atoms with Crippen molar-refractivity contribution in [2.75, 3.05) is 0 Å². The van der Waals surface area contributed by atoms with Crippen LogP contribution in [0.25, 0.3) is 138 Å². The zero-order valence-corrected chi connectivity index (χ0v) is 49.6. The molecule has 1 aliphatic carbocycles. The third-order valence-electron chi connectivity index (χ3n) is 17.3. The number of pyridine rings is 4. The second-order valence-corrected chi connectivity index (χ2v) is 23.5. The van der Waals surface area contributed by atoms with E-state index in [4.69, 9.17) is 19.9 Å². The van der Waals surface area contributed by atoms with Gasteiger partial charge < -0.3 is 9.13 Å². The molecular formula is C82H56N6S. The van der Waals surface area contributed by atoms with Gasteiger partial charge in [-0.25, -0.2) is 0 Å². The normalized spacial score (nSPS) is 12.5. The molecule has 0 amide bonds. The molecule has 0 atom stereocenters. The second kappa shape index (κ2) is 22.8. The summed E-state index contributed by atoms with van der Waals surface area (Å²) in [7, 11) is 0. The fourth-order valence-electron chi connectivity index (χ4n) is 13.2. The molecule has 0 fully saturated rings. The van der Waals surface area contributed by atoms with Crippen molar-refractivity contribution in [3.63, 3.8) is 0 Å². The van der Waals surface area contributed by atoms with E-state index < -0.39 is 0 Å². The number of rotatable bonds is 13. The molecule has 89 heavy (non-hydrogen) atoms. The molecule has 420 valence electrons. The number of aromatic nitrogens is 6. The van der Waals surface area contributed by atoms with Crippen LogP contribution in [-0.4, -0.2) is 29.1 Å². The molecule has 7 heterocycles. The van der Waals surface area contributed by atoms with Gasteiger partial charge in [0.1, 0.15) is 0 Å². The van der Waals surface area contributed by atoms with Crippen LogP contribution < -0.4 is 0 Å². The van der Waals surface area contributed by atoms with E-state index in [0.717, 1.165) is 130 Å². The van der Waals surface area contributed by atoms with E-state index in [1.807, 2.05) is 78.6 Å². The first-order chi connectivity index (χ1) is 44.1. The third-order valence-corrected chi connectivity index (χ3v) is 18.5. The molecule has 0 saturated carbocycles. The van der Waals surface area contributed by atoms with Gasteiger partial charge in [-0.05, 0) is 191 Å². The Morgan fingerprint density at radius 1 is 0.416 bits per heavy atom. The number of thiophene rings is 1. The SMILES string of the molecule is CCc1c(/C=C\Cc2ccccc2-c2ccccn2)n(-c2ccc3sc4ccc(-n5c6ccc(C7=CC=CC=C=C7c7ccccn7)cc6c6cc(-c7ccccc7-c7ccccn7)ccc65)cc4c3c2)c2ccc(-c3ccccc3-c3ccccn3)cc12. The average molecular weight is 1160 g/mol. The van der Waals surface area contributed by atoms with Gasteiger partial charge in [0.15, 0.2) is 0 Å². The van der Waals surface area contributed by atoms with E-state index in [0.29, 0.717) is 0 Å². The molecule has 0 spiro atoms. The van der Waals surface area contributed by atoms with Crippen molar-refractivity contribution in [3.05, 3.63) is 326 Å². The molecule has 0 radical (unpaired) electrons. The summed E-state index contributed by atoms with van der Waals surface area (Å²) in [6.07, 6.45) is 22.0. The van der Waals surface area contributed by atoms with Crippen molar-refractivity contribution in [2.24, 2.45) is 0 Å². The Balaban J connectivity index is 0.864.